The molecule has 24 heavy (non-hydrogen) atoms. The average molecular weight is 327 g/mol. The molecule has 1 fully saturated rings. The normalized spacial score (nSPS) is 21.0. The van der Waals surface area contributed by atoms with Gasteiger partial charge in [0.1, 0.15) is 39.3 Å². The van der Waals surface area contributed by atoms with Crippen LogP contribution in [0.25, 0.3) is 0 Å². The Labute approximate surface area is 144 Å². The molecule has 2 aromatic rings. The van der Waals surface area contributed by atoms with Crippen molar-refractivity contribution in [3.63, 3.8) is 0 Å². The first-order valence-corrected chi connectivity index (χ1v) is 8.92. The van der Waals surface area contributed by atoms with E-state index in [0.717, 1.165) is 49.7 Å². The number of carbonyl (C=O) groups excluding carboxylic acids is 1. The Morgan fingerprint density at radius 1 is 1.04 bits per heavy atom. The van der Waals surface area contributed by atoms with Gasteiger partial charge in [0.15, 0.2) is 0 Å². The predicted octanol–water partition coefficient (Wildman–Crippen LogP) is -0.192. The third-order valence-electron chi connectivity index (χ3n) is 5.45. The first kappa shape index (κ1) is 16.9. The van der Waals surface area contributed by atoms with Gasteiger partial charge in [0.05, 0.1) is 0 Å². The summed E-state index contributed by atoms with van der Waals surface area (Å²) >= 11 is 0. The van der Waals surface area contributed by atoms with E-state index in [2.05, 4.69) is 41.8 Å². The molecule has 128 valence electrons. The third kappa shape index (κ3) is 3.77. The van der Waals surface area contributed by atoms with Crippen molar-refractivity contribution in [1.29, 1.82) is 0 Å². The van der Waals surface area contributed by atoms with E-state index in [1.165, 1.54) is 10.5 Å². The van der Waals surface area contributed by atoms with E-state index in [-0.39, 0.29) is 5.78 Å². The van der Waals surface area contributed by atoms with Crippen LogP contribution in [0.3, 0.4) is 0 Å². The fourth-order valence-corrected chi connectivity index (χ4v) is 3.66. The molecule has 4 heteroatoms. The van der Waals surface area contributed by atoms with Gasteiger partial charge in [0, 0.05) is 29.6 Å². The Morgan fingerprint density at radius 2 is 1.67 bits per heavy atom. The van der Waals surface area contributed by atoms with Crippen molar-refractivity contribution in [2.45, 2.75) is 20.4 Å². The number of benzene rings is 1. The summed E-state index contributed by atoms with van der Waals surface area (Å²) < 4.78 is 2.10. The Morgan fingerprint density at radius 3 is 2.25 bits per heavy atom. The van der Waals surface area contributed by atoms with Gasteiger partial charge in [0.25, 0.3) is 0 Å². The number of Topliss-reactive ketones (excluding diaryl/α,β-unsaturated/α-hetero) is 1. The summed E-state index contributed by atoms with van der Waals surface area (Å²) in [4.78, 5) is 15.7. The van der Waals surface area contributed by atoms with Crippen molar-refractivity contribution >= 4 is 5.78 Å². The van der Waals surface area contributed by atoms with Gasteiger partial charge >= 0.3 is 0 Å². The summed E-state index contributed by atoms with van der Waals surface area (Å²) in [5.74, 6) is 0.290. The number of piperazine rings is 1. The molecule has 0 amide bonds. The highest BCUT2D eigenvalue weighted by molar-refractivity contribution is 5.98. The monoisotopic (exact) mass is 327 g/mol. The van der Waals surface area contributed by atoms with Crippen LogP contribution in [0.2, 0.25) is 0 Å². The van der Waals surface area contributed by atoms with Crippen LogP contribution in [0.5, 0.6) is 0 Å². The highest BCUT2D eigenvalue weighted by Crippen LogP contribution is 2.13. The fraction of sp³-hybridized carbons (Fsp3) is 0.450. The van der Waals surface area contributed by atoms with E-state index in [1.807, 2.05) is 20.0 Å². The van der Waals surface area contributed by atoms with Gasteiger partial charge in [-0.15, -0.1) is 0 Å². The van der Waals surface area contributed by atoms with Gasteiger partial charge in [-0.2, -0.15) is 0 Å². The summed E-state index contributed by atoms with van der Waals surface area (Å²) in [5, 5.41) is 0. The third-order valence-corrected chi connectivity index (χ3v) is 5.45. The lowest BCUT2D eigenvalue weighted by Gasteiger charge is -2.29. The van der Waals surface area contributed by atoms with E-state index < -0.39 is 0 Å². The van der Waals surface area contributed by atoms with Crippen molar-refractivity contribution in [2.75, 3.05) is 32.7 Å². The number of nitrogens with zero attached hydrogens (tertiary/aromatic N) is 1. The molecular weight excluding hydrogens is 298 g/mol. The zero-order valence-corrected chi connectivity index (χ0v) is 15.1. The van der Waals surface area contributed by atoms with Crippen molar-refractivity contribution in [1.82, 2.24) is 4.57 Å². The maximum Gasteiger partial charge on any atom is 0.218 e. The van der Waals surface area contributed by atoms with Crippen molar-refractivity contribution in [2.24, 2.45) is 7.05 Å². The van der Waals surface area contributed by atoms with E-state index in [9.17, 15) is 4.79 Å². The van der Waals surface area contributed by atoms with E-state index in [1.54, 1.807) is 4.90 Å². The molecule has 2 heterocycles. The molecule has 0 unspecified atom stereocenters. The van der Waals surface area contributed by atoms with Crippen LogP contribution >= 0.6 is 0 Å². The molecule has 0 atom stereocenters. The van der Waals surface area contributed by atoms with E-state index in [0.29, 0.717) is 6.54 Å². The largest absolute Gasteiger partial charge is 0.351 e. The summed E-state index contributed by atoms with van der Waals surface area (Å²) in [6.07, 6.45) is 0. The Kier molecular flexibility index (Phi) is 5.17. The second-order valence-electron chi connectivity index (χ2n) is 7.11. The van der Waals surface area contributed by atoms with Gasteiger partial charge in [-0.05, 0) is 19.9 Å². The number of rotatable bonds is 5. The molecule has 4 nitrogen and oxygen atoms in total. The maximum atomic E-state index is 12.6. The number of aryl methyl sites for hydroxylation is 1. The van der Waals surface area contributed by atoms with Crippen molar-refractivity contribution in [3.05, 3.63) is 58.9 Å². The lowest BCUT2D eigenvalue weighted by atomic mass is 10.1. The molecule has 1 aliphatic heterocycles. The van der Waals surface area contributed by atoms with E-state index in [4.69, 9.17) is 0 Å². The summed E-state index contributed by atoms with van der Waals surface area (Å²) in [5.41, 5.74) is 4.55. The van der Waals surface area contributed by atoms with E-state index >= 15 is 0 Å². The first-order valence-electron chi connectivity index (χ1n) is 8.92. The quantitative estimate of drug-likeness (QED) is 0.733. The van der Waals surface area contributed by atoms with Gasteiger partial charge in [0.2, 0.25) is 5.78 Å². The van der Waals surface area contributed by atoms with Crippen LogP contribution in [0.15, 0.2) is 36.4 Å². The molecule has 0 saturated carbocycles. The second-order valence-corrected chi connectivity index (χ2v) is 7.11. The number of aromatic nitrogens is 1. The molecule has 1 aliphatic rings. The first-order chi connectivity index (χ1) is 11.5. The van der Waals surface area contributed by atoms with Crippen LogP contribution < -0.4 is 9.80 Å². The van der Waals surface area contributed by atoms with Crippen LogP contribution in [0.4, 0.5) is 0 Å². The summed E-state index contributed by atoms with van der Waals surface area (Å²) in [7, 11) is 2.03. The highest BCUT2D eigenvalue weighted by Gasteiger charge is 2.26. The molecule has 0 bridgehead atoms. The minimum absolute atomic E-state index is 0.290. The summed E-state index contributed by atoms with van der Waals surface area (Å²) in [6.45, 7) is 10.3. The number of ketones is 1. The Hall–Kier alpha value is -1.91. The van der Waals surface area contributed by atoms with Crippen LogP contribution in [-0.2, 0) is 13.6 Å². The Balaban J connectivity index is 1.52. The lowest BCUT2D eigenvalue weighted by molar-refractivity contribution is -1.01. The number of hydrogen-bond donors (Lipinski definition) is 2. The van der Waals surface area contributed by atoms with Crippen LogP contribution in [0.1, 0.15) is 27.3 Å². The lowest BCUT2D eigenvalue weighted by Crippen LogP contribution is -3.27. The molecule has 2 N–H and O–H groups in total. The molecule has 0 spiro atoms. The zero-order chi connectivity index (χ0) is 17.1. The van der Waals surface area contributed by atoms with Gasteiger partial charge in [-0.25, -0.2) is 0 Å². The minimum Gasteiger partial charge on any atom is -0.351 e. The zero-order valence-electron chi connectivity index (χ0n) is 15.1. The minimum atomic E-state index is 0.290. The standard InChI is InChI=1S/C20H27N3O/c1-16-13-19(17(2)21(16)3)20(24)15-23-11-9-22(10-12-23)14-18-7-5-4-6-8-18/h4-8,13H,9-12,14-15H2,1-3H3/p+2. The predicted molar refractivity (Wildman–Crippen MR) is 95.6 cm³/mol. The highest BCUT2D eigenvalue weighted by atomic mass is 16.1. The van der Waals surface area contributed by atoms with Crippen molar-refractivity contribution in [3.8, 4) is 0 Å². The SMILES string of the molecule is Cc1cc(C(=O)C[NH+]2CC[NH+](Cc3ccccc3)CC2)c(C)n1C. The molecule has 0 radical (unpaired) electrons. The smallest absolute Gasteiger partial charge is 0.218 e. The fourth-order valence-electron chi connectivity index (χ4n) is 3.66. The van der Waals surface area contributed by atoms with Crippen LogP contribution in [-0.4, -0.2) is 43.1 Å². The molecule has 1 aromatic carbocycles. The molecule has 1 aromatic heterocycles. The van der Waals surface area contributed by atoms with Crippen molar-refractivity contribution < 1.29 is 14.6 Å². The average Bonchev–Trinajstić information content (AvgIpc) is 2.85. The molecule has 0 aliphatic carbocycles. The second kappa shape index (κ2) is 7.32. The molecular formula is C20H29N3O+2. The molecule has 3 rings (SSSR count). The maximum absolute atomic E-state index is 12.6. The number of hydrogen-bond acceptors (Lipinski definition) is 1. The van der Waals surface area contributed by atoms with Gasteiger partial charge in [-0.1, -0.05) is 30.3 Å². The number of carbonyl (C=O) groups is 1. The number of quaternary nitrogens is 2. The summed E-state index contributed by atoms with van der Waals surface area (Å²) in [6, 6.07) is 12.7. The molecule has 1 saturated heterocycles. The van der Waals surface area contributed by atoms with Gasteiger partial charge < -0.3 is 14.4 Å². The topological polar surface area (TPSA) is 30.9 Å². The van der Waals surface area contributed by atoms with Crippen LogP contribution in [0, 0.1) is 13.8 Å². The number of nitrogens with one attached hydrogen (secondary N) is 2. The van der Waals surface area contributed by atoms with Gasteiger partial charge in [-0.3, -0.25) is 4.79 Å². The Bertz CT molecular complexity index is 697.